The predicted octanol–water partition coefficient (Wildman–Crippen LogP) is 3.28. The Hall–Kier alpha value is -2.96. The number of hydrogen-bond acceptors (Lipinski definition) is 5. The SMILES string of the molecule is COc1ccc(CCC(=O)Oc2cc(F)ccc2[N+](=O)[O-])cc1. The zero-order chi connectivity index (χ0) is 16.8. The maximum atomic E-state index is 13.2. The molecule has 0 bridgehead atoms. The number of rotatable bonds is 6. The summed E-state index contributed by atoms with van der Waals surface area (Å²) in [5, 5.41) is 10.8. The van der Waals surface area contributed by atoms with Gasteiger partial charge in [-0.25, -0.2) is 4.39 Å². The maximum Gasteiger partial charge on any atom is 0.311 e. The molecule has 120 valence electrons. The largest absolute Gasteiger partial charge is 0.497 e. The van der Waals surface area contributed by atoms with Crippen LogP contribution < -0.4 is 9.47 Å². The number of methoxy groups -OCH3 is 1. The van der Waals surface area contributed by atoms with E-state index in [4.69, 9.17) is 9.47 Å². The molecule has 0 fully saturated rings. The van der Waals surface area contributed by atoms with Crippen molar-refractivity contribution in [1.29, 1.82) is 0 Å². The van der Waals surface area contributed by atoms with Gasteiger partial charge in [0.25, 0.3) is 0 Å². The van der Waals surface area contributed by atoms with Crippen molar-refractivity contribution in [2.45, 2.75) is 12.8 Å². The number of hydrogen-bond donors (Lipinski definition) is 0. The Balaban J connectivity index is 1.99. The van der Waals surface area contributed by atoms with Crippen molar-refractivity contribution in [3.8, 4) is 11.5 Å². The second kappa shape index (κ2) is 7.35. The van der Waals surface area contributed by atoms with Gasteiger partial charge in [-0.3, -0.25) is 14.9 Å². The van der Waals surface area contributed by atoms with Crippen LogP contribution in [0.5, 0.6) is 11.5 Å². The average Bonchev–Trinajstić information content (AvgIpc) is 2.53. The molecular weight excluding hydrogens is 305 g/mol. The van der Waals surface area contributed by atoms with Gasteiger partial charge < -0.3 is 9.47 Å². The molecule has 7 heteroatoms. The number of carbonyl (C=O) groups is 1. The molecule has 0 radical (unpaired) electrons. The van der Waals surface area contributed by atoms with E-state index in [1.54, 1.807) is 31.4 Å². The van der Waals surface area contributed by atoms with E-state index in [2.05, 4.69) is 0 Å². The van der Waals surface area contributed by atoms with Crippen LogP contribution in [0.4, 0.5) is 10.1 Å². The molecule has 6 nitrogen and oxygen atoms in total. The van der Waals surface area contributed by atoms with Gasteiger partial charge in [0.2, 0.25) is 5.75 Å². The Kier molecular flexibility index (Phi) is 5.24. The number of nitrogens with zero attached hydrogens (tertiary/aromatic N) is 1. The standard InChI is InChI=1S/C16H14FNO5/c1-22-13-6-2-11(3-7-13)4-9-16(19)23-15-10-12(17)5-8-14(15)18(20)21/h2-3,5-8,10H,4,9H2,1H3. The zero-order valence-corrected chi connectivity index (χ0v) is 12.3. The summed E-state index contributed by atoms with van der Waals surface area (Å²) in [5.74, 6) is -1.08. The summed E-state index contributed by atoms with van der Waals surface area (Å²) < 4.78 is 23.1. The van der Waals surface area contributed by atoms with Crippen LogP contribution in [0, 0.1) is 15.9 Å². The Labute approximate surface area is 131 Å². The van der Waals surface area contributed by atoms with Crippen LogP contribution in [0.25, 0.3) is 0 Å². The summed E-state index contributed by atoms with van der Waals surface area (Å²) in [4.78, 5) is 21.9. The summed E-state index contributed by atoms with van der Waals surface area (Å²) in [6.07, 6.45) is 0.409. The van der Waals surface area contributed by atoms with Crippen LogP contribution in [-0.2, 0) is 11.2 Å². The van der Waals surface area contributed by atoms with Gasteiger partial charge in [-0.15, -0.1) is 0 Å². The highest BCUT2D eigenvalue weighted by atomic mass is 19.1. The summed E-state index contributed by atoms with van der Waals surface area (Å²) in [6.45, 7) is 0. The van der Waals surface area contributed by atoms with Gasteiger partial charge in [-0.2, -0.15) is 0 Å². The van der Waals surface area contributed by atoms with Gasteiger partial charge in [-0.05, 0) is 30.2 Å². The van der Waals surface area contributed by atoms with Crippen LogP contribution in [0.1, 0.15) is 12.0 Å². The number of benzene rings is 2. The molecule has 2 aromatic carbocycles. The van der Waals surface area contributed by atoms with Gasteiger partial charge >= 0.3 is 11.7 Å². The van der Waals surface area contributed by atoms with Crippen molar-refractivity contribution in [2.75, 3.05) is 7.11 Å². The molecule has 0 aliphatic heterocycles. The lowest BCUT2D eigenvalue weighted by molar-refractivity contribution is -0.385. The lowest BCUT2D eigenvalue weighted by Gasteiger charge is -2.06. The van der Waals surface area contributed by atoms with Crippen LogP contribution in [0.15, 0.2) is 42.5 Å². The molecule has 0 N–H and O–H groups in total. The smallest absolute Gasteiger partial charge is 0.311 e. The quantitative estimate of drug-likeness (QED) is 0.353. The van der Waals surface area contributed by atoms with Crippen molar-refractivity contribution in [3.05, 3.63) is 64.0 Å². The third kappa shape index (κ3) is 4.50. The Morgan fingerprint density at radius 3 is 2.52 bits per heavy atom. The van der Waals surface area contributed by atoms with Crippen molar-refractivity contribution in [2.24, 2.45) is 0 Å². The molecule has 0 heterocycles. The van der Waals surface area contributed by atoms with E-state index in [1.165, 1.54) is 0 Å². The third-order valence-electron chi connectivity index (χ3n) is 3.12. The van der Waals surface area contributed by atoms with Gasteiger partial charge in [0.1, 0.15) is 11.6 Å². The molecule has 0 aliphatic rings. The van der Waals surface area contributed by atoms with Gasteiger partial charge in [-0.1, -0.05) is 12.1 Å². The number of ether oxygens (including phenoxy) is 2. The average molecular weight is 319 g/mol. The second-order valence-electron chi connectivity index (χ2n) is 4.69. The molecule has 23 heavy (non-hydrogen) atoms. The summed E-state index contributed by atoms with van der Waals surface area (Å²) in [5.41, 5.74) is 0.431. The molecule has 0 saturated carbocycles. The minimum Gasteiger partial charge on any atom is -0.497 e. The van der Waals surface area contributed by atoms with Gasteiger partial charge in [0.15, 0.2) is 0 Å². The van der Waals surface area contributed by atoms with Crippen LogP contribution in [-0.4, -0.2) is 18.0 Å². The number of aryl methyl sites for hydroxylation is 1. The zero-order valence-electron chi connectivity index (χ0n) is 12.3. The minimum atomic E-state index is -0.731. The molecule has 0 unspecified atom stereocenters. The molecule has 0 aliphatic carbocycles. The lowest BCUT2D eigenvalue weighted by atomic mass is 10.1. The summed E-state index contributed by atoms with van der Waals surface area (Å²) in [6, 6.07) is 9.85. The number of nitro benzene ring substituents is 1. The van der Waals surface area contributed by atoms with Crippen molar-refractivity contribution in [3.63, 3.8) is 0 Å². The molecule has 0 aromatic heterocycles. The highest BCUT2D eigenvalue weighted by Gasteiger charge is 2.18. The van der Waals surface area contributed by atoms with E-state index in [1.807, 2.05) is 0 Å². The van der Waals surface area contributed by atoms with E-state index < -0.39 is 28.1 Å². The van der Waals surface area contributed by atoms with Crippen LogP contribution in [0.2, 0.25) is 0 Å². The first-order valence-corrected chi connectivity index (χ1v) is 6.77. The molecule has 0 saturated heterocycles. The fourth-order valence-electron chi connectivity index (χ4n) is 1.93. The van der Waals surface area contributed by atoms with Crippen molar-refractivity contribution >= 4 is 11.7 Å². The topological polar surface area (TPSA) is 78.7 Å². The van der Waals surface area contributed by atoms with E-state index in [0.29, 0.717) is 12.2 Å². The summed E-state index contributed by atoms with van der Waals surface area (Å²) in [7, 11) is 1.55. The van der Waals surface area contributed by atoms with Crippen LogP contribution >= 0.6 is 0 Å². The molecule has 2 rings (SSSR count). The maximum absolute atomic E-state index is 13.2. The molecular formula is C16H14FNO5. The highest BCUT2D eigenvalue weighted by Crippen LogP contribution is 2.27. The van der Waals surface area contributed by atoms with Crippen molar-refractivity contribution < 1.29 is 23.6 Å². The monoisotopic (exact) mass is 319 g/mol. The minimum absolute atomic E-state index is 0.0139. The fraction of sp³-hybridized carbons (Fsp3) is 0.188. The van der Waals surface area contributed by atoms with E-state index in [-0.39, 0.29) is 6.42 Å². The number of halogens is 1. The molecule has 0 amide bonds. The predicted molar refractivity (Wildman–Crippen MR) is 80.0 cm³/mol. The number of nitro groups is 1. The normalized spacial score (nSPS) is 10.2. The Morgan fingerprint density at radius 1 is 1.22 bits per heavy atom. The first kappa shape index (κ1) is 16.4. The Bertz CT molecular complexity index is 715. The van der Waals surface area contributed by atoms with Gasteiger partial charge in [0, 0.05) is 18.6 Å². The van der Waals surface area contributed by atoms with Crippen molar-refractivity contribution in [1.82, 2.24) is 0 Å². The van der Waals surface area contributed by atoms with E-state index in [9.17, 15) is 19.3 Å². The third-order valence-corrected chi connectivity index (χ3v) is 3.12. The van der Waals surface area contributed by atoms with E-state index >= 15 is 0 Å². The first-order chi connectivity index (χ1) is 11.0. The molecule has 0 spiro atoms. The van der Waals surface area contributed by atoms with Crippen LogP contribution in [0.3, 0.4) is 0 Å². The lowest BCUT2D eigenvalue weighted by Crippen LogP contribution is -2.10. The summed E-state index contributed by atoms with van der Waals surface area (Å²) >= 11 is 0. The second-order valence-corrected chi connectivity index (χ2v) is 4.69. The fourth-order valence-corrected chi connectivity index (χ4v) is 1.93. The first-order valence-electron chi connectivity index (χ1n) is 6.77. The van der Waals surface area contributed by atoms with Gasteiger partial charge in [0.05, 0.1) is 12.0 Å². The van der Waals surface area contributed by atoms with E-state index in [0.717, 1.165) is 23.8 Å². The molecule has 2 aromatic rings. The highest BCUT2D eigenvalue weighted by molar-refractivity contribution is 5.74. The molecule has 0 atom stereocenters. The number of carbonyl (C=O) groups excluding carboxylic acids is 1. The Morgan fingerprint density at radius 2 is 1.91 bits per heavy atom. The number of esters is 1.